The normalized spacial score (nSPS) is 17.9. The van der Waals surface area contributed by atoms with Crippen LogP contribution in [-0.4, -0.2) is 61.7 Å². The topological polar surface area (TPSA) is 70.8 Å². The van der Waals surface area contributed by atoms with E-state index < -0.39 is 0 Å². The van der Waals surface area contributed by atoms with Crippen molar-refractivity contribution in [1.29, 1.82) is 0 Å². The number of nitrogens with one attached hydrogen (secondary N) is 1. The van der Waals surface area contributed by atoms with Gasteiger partial charge in [0.15, 0.2) is 0 Å². The summed E-state index contributed by atoms with van der Waals surface area (Å²) in [4.78, 5) is 3.25. The molecule has 0 amide bonds. The Morgan fingerprint density at radius 1 is 1.45 bits per heavy atom. The number of hydrogen-bond donors (Lipinski definition) is 3. The summed E-state index contributed by atoms with van der Waals surface area (Å²) < 4.78 is 5.19. The maximum Gasteiger partial charge on any atom is 0.120 e. The third-order valence-electron chi connectivity index (χ3n) is 3.33. The van der Waals surface area contributed by atoms with Gasteiger partial charge in [0, 0.05) is 49.1 Å². The van der Waals surface area contributed by atoms with Crippen molar-refractivity contribution in [3.8, 4) is 5.75 Å². The summed E-state index contributed by atoms with van der Waals surface area (Å²) in [5.74, 6) is 1.43. The summed E-state index contributed by atoms with van der Waals surface area (Å²) in [7, 11) is 1.64. The summed E-state index contributed by atoms with van der Waals surface area (Å²) in [6.07, 6.45) is -0.344. The van der Waals surface area contributed by atoms with Gasteiger partial charge in [-0.05, 0) is 18.2 Å². The average molecular weight is 297 g/mol. The molecule has 1 saturated heterocycles. The monoisotopic (exact) mass is 297 g/mol. The lowest BCUT2D eigenvalue weighted by Crippen LogP contribution is -2.46. The van der Waals surface area contributed by atoms with Gasteiger partial charge < -0.3 is 20.9 Å². The first-order valence-electron chi connectivity index (χ1n) is 6.86. The molecule has 0 radical (unpaired) electrons. The van der Waals surface area contributed by atoms with Gasteiger partial charge in [0.25, 0.3) is 0 Å². The zero-order valence-corrected chi connectivity index (χ0v) is 12.7. The molecule has 1 aliphatic heterocycles. The van der Waals surface area contributed by atoms with E-state index in [2.05, 4.69) is 10.2 Å². The smallest absolute Gasteiger partial charge is 0.120 e. The van der Waals surface area contributed by atoms with Crippen molar-refractivity contribution in [3.05, 3.63) is 18.2 Å². The summed E-state index contributed by atoms with van der Waals surface area (Å²) in [6, 6.07) is 5.60. The number of nitrogen functional groups attached to an aromatic ring is 1. The predicted molar refractivity (Wildman–Crippen MR) is 83.4 cm³/mol. The number of hydrogen-bond acceptors (Lipinski definition) is 6. The third kappa shape index (κ3) is 4.56. The first-order chi connectivity index (χ1) is 9.69. The van der Waals surface area contributed by atoms with Crippen LogP contribution in [0, 0.1) is 0 Å². The van der Waals surface area contributed by atoms with E-state index in [0.29, 0.717) is 5.75 Å². The zero-order chi connectivity index (χ0) is 14.4. The second-order valence-electron chi connectivity index (χ2n) is 4.92. The lowest BCUT2D eigenvalue weighted by molar-refractivity contribution is 0.121. The molecule has 0 spiro atoms. The Labute approximate surface area is 124 Å². The number of piperazine rings is 1. The molecule has 2 rings (SSSR count). The first-order valence-corrected chi connectivity index (χ1v) is 7.85. The van der Waals surface area contributed by atoms with Gasteiger partial charge in [0.2, 0.25) is 0 Å². The summed E-state index contributed by atoms with van der Waals surface area (Å²) >= 11 is 1.58. The quantitative estimate of drug-likeness (QED) is 0.529. The van der Waals surface area contributed by atoms with Crippen molar-refractivity contribution in [2.24, 2.45) is 0 Å². The molecule has 1 aromatic rings. The number of anilines is 1. The van der Waals surface area contributed by atoms with E-state index in [-0.39, 0.29) is 6.10 Å². The van der Waals surface area contributed by atoms with Crippen molar-refractivity contribution >= 4 is 17.4 Å². The van der Waals surface area contributed by atoms with Gasteiger partial charge in [0.1, 0.15) is 5.75 Å². The summed E-state index contributed by atoms with van der Waals surface area (Å²) in [5.41, 5.74) is 6.66. The molecule has 4 N–H and O–H groups in total. The molecule has 1 fully saturated rings. The summed E-state index contributed by atoms with van der Waals surface area (Å²) in [5, 5.41) is 13.4. The Morgan fingerprint density at radius 2 is 2.20 bits per heavy atom. The van der Waals surface area contributed by atoms with Gasteiger partial charge in [-0.1, -0.05) is 0 Å². The molecule has 112 valence electrons. The van der Waals surface area contributed by atoms with Crippen molar-refractivity contribution < 1.29 is 9.84 Å². The molecule has 1 aromatic carbocycles. The van der Waals surface area contributed by atoms with E-state index in [0.717, 1.165) is 49.1 Å². The van der Waals surface area contributed by atoms with E-state index in [1.807, 2.05) is 18.2 Å². The average Bonchev–Trinajstić information content (AvgIpc) is 2.47. The van der Waals surface area contributed by atoms with Crippen LogP contribution in [0.15, 0.2) is 23.1 Å². The minimum Gasteiger partial charge on any atom is -0.497 e. The molecule has 5 nitrogen and oxygen atoms in total. The van der Waals surface area contributed by atoms with Crippen LogP contribution < -0.4 is 15.8 Å². The van der Waals surface area contributed by atoms with Crippen molar-refractivity contribution in [1.82, 2.24) is 10.2 Å². The van der Waals surface area contributed by atoms with E-state index in [1.165, 1.54) is 0 Å². The van der Waals surface area contributed by atoms with Gasteiger partial charge >= 0.3 is 0 Å². The molecule has 20 heavy (non-hydrogen) atoms. The molecule has 0 bridgehead atoms. The number of aliphatic hydroxyl groups excluding tert-OH is 1. The highest BCUT2D eigenvalue weighted by Gasteiger charge is 2.15. The molecule has 0 saturated carbocycles. The molecule has 0 aliphatic carbocycles. The van der Waals surface area contributed by atoms with Gasteiger partial charge in [-0.25, -0.2) is 0 Å². The van der Waals surface area contributed by atoms with Gasteiger partial charge in [-0.15, -0.1) is 11.8 Å². The fourth-order valence-electron chi connectivity index (χ4n) is 2.20. The SMILES string of the molecule is COc1ccc(N)c(SCC(O)CN2CCNCC2)c1. The third-order valence-corrected chi connectivity index (χ3v) is 4.55. The Morgan fingerprint density at radius 3 is 2.90 bits per heavy atom. The number of methoxy groups -OCH3 is 1. The van der Waals surface area contributed by atoms with Crippen LogP contribution in [0.4, 0.5) is 5.69 Å². The Hall–Kier alpha value is -0.950. The number of nitrogens with two attached hydrogens (primary N) is 1. The van der Waals surface area contributed by atoms with Gasteiger partial charge in [0.05, 0.1) is 13.2 Å². The molecule has 1 unspecified atom stereocenters. The molecule has 1 atom stereocenters. The lowest BCUT2D eigenvalue weighted by atomic mass is 10.3. The van der Waals surface area contributed by atoms with Crippen LogP contribution in [0.5, 0.6) is 5.75 Å². The number of ether oxygens (including phenoxy) is 1. The Balaban J connectivity index is 1.81. The highest BCUT2D eigenvalue weighted by molar-refractivity contribution is 7.99. The lowest BCUT2D eigenvalue weighted by Gasteiger charge is -2.29. The molecular formula is C14H23N3O2S. The van der Waals surface area contributed by atoms with Crippen LogP contribution in [0.2, 0.25) is 0 Å². The molecule has 1 heterocycles. The van der Waals surface area contributed by atoms with Crippen LogP contribution >= 0.6 is 11.8 Å². The first kappa shape index (κ1) is 15.4. The second kappa shape index (κ2) is 7.73. The number of β-amino-alcohol motifs (C(OH)–C–C–N with tert-alkyl or cyclic N) is 1. The number of aliphatic hydroxyl groups is 1. The van der Waals surface area contributed by atoms with Crippen molar-refractivity contribution in [2.45, 2.75) is 11.0 Å². The number of benzene rings is 1. The standard InChI is InChI=1S/C14H23N3O2S/c1-19-12-2-3-13(15)14(8-12)20-10-11(18)9-17-6-4-16-5-7-17/h2-3,8,11,16,18H,4-7,9-10,15H2,1H3. The number of nitrogens with zero attached hydrogens (tertiary/aromatic N) is 1. The zero-order valence-electron chi connectivity index (χ0n) is 11.8. The minimum atomic E-state index is -0.344. The second-order valence-corrected chi connectivity index (χ2v) is 5.98. The van der Waals surface area contributed by atoms with Crippen LogP contribution in [0.3, 0.4) is 0 Å². The van der Waals surface area contributed by atoms with Crippen LogP contribution in [0.25, 0.3) is 0 Å². The highest BCUT2D eigenvalue weighted by Crippen LogP contribution is 2.29. The van der Waals surface area contributed by atoms with Gasteiger partial charge in [-0.2, -0.15) is 0 Å². The number of thioether (sulfide) groups is 1. The predicted octanol–water partition coefficient (Wildman–Crippen LogP) is 0.636. The Bertz CT molecular complexity index is 425. The van der Waals surface area contributed by atoms with E-state index >= 15 is 0 Å². The molecule has 1 aliphatic rings. The molecule has 6 heteroatoms. The van der Waals surface area contributed by atoms with Crippen molar-refractivity contribution in [2.75, 3.05) is 51.3 Å². The molecular weight excluding hydrogens is 274 g/mol. The summed E-state index contributed by atoms with van der Waals surface area (Å²) in [6.45, 7) is 4.73. The minimum absolute atomic E-state index is 0.344. The fraction of sp³-hybridized carbons (Fsp3) is 0.571. The van der Waals surface area contributed by atoms with Gasteiger partial charge in [-0.3, -0.25) is 4.90 Å². The maximum absolute atomic E-state index is 10.1. The maximum atomic E-state index is 10.1. The fourth-order valence-corrected chi connectivity index (χ4v) is 3.11. The van der Waals surface area contributed by atoms with E-state index in [9.17, 15) is 5.11 Å². The molecule has 0 aromatic heterocycles. The van der Waals surface area contributed by atoms with Crippen LogP contribution in [0.1, 0.15) is 0 Å². The number of rotatable bonds is 6. The van der Waals surface area contributed by atoms with Crippen molar-refractivity contribution in [3.63, 3.8) is 0 Å². The van der Waals surface area contributed by atoms with Crippen LogP contribution in [-0.2, 0) is 0 Å². The Kier molecular flexibility index (Phi) is 5.97. The highest BCUT2D eigenvalue weighted by atomic mass is 32.2. The van der Waals surface area contributed by atoms with E-state index in [1.54, 1.807) is 18.9 Å². The largest absolute Gasteiger partial charge is 0.497 e. The van der Waals surface area contributed by atoms with E-state index in [4.69, 9.17) is 10.5 Å².